The molecule has 1 amide bonds. The van der Waals surface area contributed by atoms with E-state index in [1.165, 1.54) is 0 Å². The van der Waals surface area contributed by atoms with Gasteiger partial charge in [0.15, 0.2) is 0 Å². The van der Waals surface area contributed by atoms with E-state index in [-0.39, 0.29) is 5.91 Å². The number of hydrogen-bond acceptors (Lipinski definition) is 4. The van der Waals surface area contributed by atoms with Crippen molar-refractivity contribution in [1.29, 1.82) is 5.26 Å². The van der Waals surface area contributed by atoms with Gasteiger partial charge in [-0.3, -0.25) is 9.69 Å². The summed E-state index contributed by atoms with van der Waals surface area (Å²) in [4.78, 5) is 16.4. The van der Waals surface area contributed by atoms with Crippen molar-refractivity contribution in [3.05, 3.63) is 29.8 Å². The molecule has 0 saturated carbocycles. The Balaban J connectivity index is 2.04. The predicted molar refractivity (Wildman–Crippen MR) is 75.6 cm³/mol. The first kappa shape index (κ1) is 14.4. The van der Waals surface area contributed by atoms with Crippen LogP contribution in [-0.2, 0) is 0 Å². The number of carbonyl (C=O) groups excluding carboxylic acids is 1. The van der Waals surface area contributed by atoms with Crippen LogP contribution in [0.3, 0.4) is 0 Å². The van der Waals surface area contributed by atoms with E-state index in [2.05, 4.69) is 11.0 Å². The number of para-hydroxylation sites is 1. The van der Waals surface area contributed by atoms with Crippen LogP contribution in [0.15, 0.2) is 24.3 Å². The molecule has 5 nitrogen and oxygen atoms in total. The topological polar surface area (TPSA) is 56.6 Å². The fraction of sp³-hybridized carbons (Fsp3) is 0.467. The average Bonchev–Trinajstić information content (AvgIpc) is 2.49. The Kier molecular flexibility index (Phi) is 4.97. The SMILES string of the molecule is CCOc1ccccc1C(=O)N1CCN(CC#N)CC1. The number of hydrogen-bond donors (Lipinski definition) is 0. The van der Waals surface area contributed by atoms with Crippen molar-refractivity contribution in [3.8, 4) is 11.8 Å². The van der Waals surface area contributed by atoms with Gasteiger partial charge < -0.3 is 9.64 Å². The normalized spacial score (nSPS) is 15.7. The van der Waals surface area contributed by atoms with Gasteiger partial charge in [0.2, 0.25) is 0 Å². The summed E-state index contributed by atoms with van der Waals surface area (Å²) in [6.45, 7) is 5.67. The van der Waals surface area contributed by atoms with E-state index in [0.717, 1.165) is 13.1 Å². The van der Waals surface area contributed by atoms with Gasteiger partial charge >= 0.3 is 0 Å². The number of carbonyl (C=O) groups is 1. The van der Waals surface area contributed by atoms with Gasteiger partial charge in [-0.15, -0.1) is 0 Å². The molecule has 0 bridgehead atoms. The Hall–Kier alpha value is -2.06. The van der Waals surface area contributed by atoms with Crippen LogP contribution in [0.5, 0.6) is 5.75 Å². The van der Waals surface area contributed by atoms with Gasteiger partial charge in [-0.1, -0.05) is 12.1 Å². The number of benzene rings is 1. The summed E-state index contributed by atoms with van der Waals surface area (Å²) in [5, 5.41) is 8.68. The lowest BCUT2D eigenvalue weighted by atomic mass is 10.1. The third-order valence-electron chi connectivity index (χ3n) is 3.37. The molecule has 1 saturated heterocycles. The van der Waals surface area contributed by atoms with Gasteiger partial charge in [-0.05, 0) is 19.1 Å². The van der Waals surface area contributed by atoms with Crippen LogP contribution >= 0.6 is 0 Å². The van der Waals surface area contributed by atoms with Crippen molar-refractivity contribution in [1.82, 2.24) is 9.80 Å². The molecule has 2 rings (SSSR count). The highest BCUT2D eigenvalue weighted by molar-refractivity contribution is 5.97. The molecule has 0 N–H and O–H groups in total. The Bertz CT molecular complexity index is 502. The monoisotopic (exact) mass is 273 g/mol. The van der Waals surface area contributed by atoms with Crippen LogP contribution in [0.4, 0.5) is 0 Å². The maximum absolute atomic E-state index is 12.5. The van der Waals surface area contributed by atoms with E-state index >= 15 is 0 Å². The number of nitriles is 1. The Morgan fingerprint density at radius 3 is 2.65 bits per heavy atom. The molecule has 0 atom stereocenters. The molecule has 0 unspecified atom stereocenters. The molecule has 106 valence electrons. The lowest BCUT2D eigenvalue weighted by Crippen LogP contribution is -2.48. The molecule has 1 aliphatic heterocycles. The van der Waals surface area contributed by atoms with Crippen LogP contribution < -0.4 is 4.74 Å². The van der Waals surface area contributed by atoms with Crippen molar-refractivity contribution >= 4 is 5.91 Å². The summed E-state index contributed by atoms with van der Waals surface area (Å²) >= 11 is 0. The number of ether oxygens (including phenoxy) is 1. The lowest BCUT2D eigenvalue weighted by Gasteiger charge is -2.33. The van der Waals surface area contributed by atoms with Crippen LogP contribution in [0, 0.1) is 11.3 Å². The highest BCUT2D eigenvalue weighted by Gasteiger charge is 2.23. The van der Waals surface area contributed by atoms with E-state index in [0.29, 0.717) is 37.6 Å². The Morgan fingerprint density at radius 2 is 2.00 bits per heavy atom. The first-order chi connectivity index (χ1) is 9.76. The van der Waals surface area contributed by atoms with Gasteiger partial charge in [-0.2, -0.15) is 5.26 Å². The van der Waals surface area contributed by atoms with Crippen LogP contribution in [0.1, 0.15) is 17.3 Å². The number of amides is 1. The second kappa shape index (κ2) is 6.92. The van der Waals surface area contributed by atoms with Gasteiger partial charge in [0.05, 0.1) is 24.8 Å². The molecule has 1 aromatic rings. The fourth-order valence-corrected chi connectivity index (χ4v) is 2.30. The molecule has 0 aliphatic carbocycles. The van der Waals surface area contributed by atoms with Gasteiger partial charge in [0, 0.05) is 26.2 Å². The summed E-state index contributed by atoms with van der Waals surface area (Å²) in [5.41, 5.74) is 0.614. The largest absolute Gasteiger partial charge is 0.493 e. The number of piperazine rings is 1. The molecule has 1 fully saturated rings. The lowest BCUT2D eigenvalue weighted by molar-refractivity contribution is 0.0648. The Labute approximate surface area is 119 Å². The summed E-state index contributed by atoms with van der Waals surface area (Å²) < 4.78 is 5.51. The smallest absolute Gasteiger partial charge is 0.257 e. The van der Waals surface area contributed by atoms with Crippen molar-refractivity contribution < 1.29 is 9.53 Å². The molecule has 0 spiro atoms. The van der Waals surface area contributed by atoms with Crippen LogP contribution in [0.25, 0.3) is 0 Å². The third-order valence-corrected chi connectivity index (χ3v) is 3.37. The van der Waals surface area contributed by atoms with E-state index in [4.69, 9.17) is 10.00 Å². The number of nitrogens with zero attached hydrogens (tertiary/aromatic N) is 3. The maximum Gasteiger partial charge on any atom is 0.257 e. The highest BCUT2D eigenvalue weighted by atomic mass is 16.5. The zero-order chi connectivity index (χ0) is 14.4. The van der Waals surface area contributed by atoms with Crippen molar-refractivity contribution in [2.75, 3.05) is 39.3 Å². The molecule has 0 radical (unpaired) electrons. The first-order valence-electron chi connectivity index (χ1n) is 6.86. The van der Waals surface area contributed by atoms with E-state index in [1.807, 2.05) is 30.0 Å². The number of rotatable bonds is 4. The average molecular weight is 273 g/mol. The highest BCUT2D eigenvalue weighted by Crippen LogP contribution is 2.20. The second-order valence-electron chi connectivity index (χ2n) is 4.66. The van der Waals surface area contributed by atoms with E-state index in [1.54, 1.807) is 6.07 Å². The van der Waals surface area contributed by atoms with Gasteiger partial charge in [0.25, 0.3) is 5.91 Å². The summed E-state index contributed by atoms with van der Waals surface area (Å²) in [6.07, 6.45) is 0. The minimum atomic E-state index is 0.00524. The first-order valence-corrected chi connectivity index (χ1v) is 6.86. The zero-order valence-corrected chi connectivity index (χ0v) is 11.7. The summed E-state index contributed by atoms with van der Waals surface area (Å²) in [6, 6.07) is 9.48. The molecule has 0 aromatic heterocycles. The van der Waals surface area contributed by atoms with Crippen LogP contribution in [-0.4, -0.2) is 55.0 Å². The fourth-order valence-electron chi connectivity index (χ4n) is 2.30. The van der Waals surface area contributed by atoms with Crippen LogP contribution in [0.2, 0.25) is 0 Å². The molecule has 1 aromatic carbocycles. The van der Waals surface area contributed by atoms with Crippen molar-refractivity contribution in [3.63, 3.8) is 0 Å². The molecular weight excluding hydrogens is 254 g/mol. The van der Waals surface area contributed by atoms with E-state index in [9.17, 15) is 4.79 Å². The second-order valence-corrected chi connectivity index (χ2v) is 4.66. The van der Waals surface area contributed by atoms with Crippen molar-refractivity contribution in [2.24, 2.45) is 0 Å². The quantitative estimate of drug-likeness (QED) is 0.777. The van der Waals surface area contributed by atoms with Gasteiger partial charge in [0.1, 0.15) is 5.75 Å². The molecule has 20 heavy (non-hydrogen) atoms. The maximum atomic E-state index is 12.5. The zero-order valence-electron chi connectivity index (χ0n) is 11.7. The molecule has 1 aliphatic rings. The molecular formula is C15H19N3O2. The third kappa shape index (κ3) is 3.28. The minimum absolute atomic E-state index is 0.00524. The standard InChI is InChI=1S/C15H19N3O2/c1-2-20-14-6-4-3-5-13(14)15(19)18-11-9-17(8-7-16)10-12-18/h3-6H,2,8-12H2,1H3. The Morgan fingerprint density at radius 1 is 1.30 bits per heavy atom. The van der Waals surface area contributed by atoms with Crippen molar-refractivity contribution in [2.45, 2.75) is 6.92 Å². The summed E-state index contributed by atoms with van der Waals surface area (Å²) in [5.74, 6) is 0.644. The van der Waals surface area contributed by atoms with Gasteiger partial charge in [-0.25, -0.2) is 0 Å². The minimum Gasteiger partial charge on any atom is -0.493 e. The summed E-state index contributed by atoms with van der Waals surface area (Å²) in [7, 11) is 0. The predicted octanol–water partition coefficient (Wildman–Crippen LogP) is 1.37. The van der Waals surface area contributed by atoms with E-state index < -0.39 is 0 Å². The molecule has 1 heterocycles. The molecule has 5 heteroatoms.